The maximum absolute atomic E-state index is 13.9. The van der Waals surface area contributed by atoms with Crippen molar-refractivity contribution in [1.82, 2.24) is 20.0 Å². The fourth-order valence-electron chi connectivity index (χ4n) is 7.97. The summed E-state index contributed by atoms with van der Waals surface area (Å²) in [7, 11) is 1.44. The van der Waals surface area contributed by atoms with Crippen LogP contribution in [0.2, 0.25) is 0 Å². The van der Waals surface area contributed by atoms with Crippen LogP contribution in [0.5, 0.6) is 0 Å². The first-order valence-electron chi connectivity index (χ1n) is 16.8. The van der Waals surface area contributed by atoms with Gasteiger partial charge in [0.05, 0.1) is 19.1 Å². The summed E-state index contributed by atoms with van der Waals surface area (Å²) in [6.07, 6.45) is 11.1. The number of amides is 3. The highest BCUT2D eigenvalue weighted by Crippen LogP contribution is 2.38. The molecule has 2 aromatic carbocycles. The van der Waals surface area contributed by atoms with Crippen LogP contribution in [-0.2, 0) is 16.1 Å². The Bertz CT molecular complexity index is 1260. The molecular weight excluding hydrogens is 552 g/mol. The summed E-state index contributed by atoms with van der Waals surface area (Å²) in [5, 5.41) is 3.15. The predicted molar refractivity (Wildman–Crippen MR) is 170 cm³/mol. The van der Waals surface area contributed by atoms with Crippen molar-refractivity contribution in [2.24, 2.45) is 5.92 Å². The van der Waals surface area contributed by atoms with Crippen LogP contribution >= 0.6 is 0 Å². The molecule has 2 aliphatic carbocycles. The van der Waals surface area contributed by atoms with Gasteiger partial charge in [0.15, 0.2) is 0 Å². The fourth-order valence-corrected chi connectivity index (χ4v) is 7.97. The Kier molecular flexibility index (Phi) is 9.85. The first-order valence-corrected chi connectivity index (χ1v) is 16.8. The number of nitrogens with one attached hydrogen (secondary N) is 1. The number of esters is 1. The lowest BCUT2D eigenvalue weighted by Gasteiger charge is -2.39. The highest BCUT2D eigenvalue weighted by molar-refractivity contribution is 5.94. The number of likely N-dealkylation sites (tertiary alicyclic amines) is 1. The molecule has 0 bridgehead atoms. The quantitative estimate of drug-likeness (QED) is 0.380. The van der Waals surface area contributed by atoms with E-state index in [4.69, 9.17) is 4.74 Å². The molecule has 4 fully saturated rings. The van der Waals surface area contributed by atoms with Gasteiger partial charge in [0.1, 0.15) is 0 Å². The van der Waals surface area contributed by atoms with Gasteiger partial charge in [0.25, 0.3) is 5.91 Å². The summed E-state index contributed by atoms with van der Waals surface area (Å²) >= 11 is 0. The first-order chi connectivity index (χ1) is 21.5. The zero-order chi connectivity index (χ0) is 30.5. The van der Waals surface area contributed by atoms with Crippen molar-refractivity contribution in [2.45, 2.75) is 101 Å². The maximum atomic E-state index is 13.9. The van der Waals surface area contributed by atoms with Crippen LogP contribution in [0.3, 0.4) is 0 Å². The molecule has 0 spiro atoms. The number of hydrogen-bond acceptors (Lipinski definition) is 5. The number of rotatable bonds is 8. The molecule has 3 amide bonds. The highest BCUT2D eigenvalue weighted by atomic mass is 16.5. The van der Waals surface area contributed by atoms with Gasteiger partial charge < -0.3 is 19.9 Å². The zero-order valence-corrected chi connectivity index (χ0v) is 26.2. The van der Waals surface area contributed by atoms with E-state index in [1.54, 1.807) is 0 Å². The Hall–Kier alpha value is -3.39. The molecule has 0 radical (unpaired) electrons. The second-order valence-corrected chi connectivity index (χ2v) is 13.3. The lowest BCUT2D eigenvalue weighted by atomic mass is 9.86. The van der Waals surface area contributed by atoms with Gasteiger partial charge >= 0.3 is 12.0 Å². The summed E-state index contributed by atoms with van der Waals surface area (Å²) in [4.78, 5) is 45.5. The van der Waals surface area contributed by atoms with Crippen LogP contribution in [-0.4, -0.2) is 77.5 Å². The molecule has 1 unspecified atom stereocenters. The summed E-state index contributed by atoms with van der Waals surface area (Å²) in [6, 6.07) is 19.7. The molecule has 2 saturated heterocycles. The van der Waals surface area contributed by atoms with E-state index in [9.17, 15) is 14.4 Å². The van der Waals surface area contributed by atoms with Crippen LogP contribution in [0.25, 0.3) is 0 Å². The van der Waals surface area contributed by atoms with Crippen LogP contribution in [0.1, 0.15) is 98.2 Å². The van der Waals surface area contributed by atoms with E-state index in [0.717, 1.165) is 77.5 Å². The SMILES string of the molecule is COC(=O)C1CCC(NC(=O)c2ccc(CN3CCC(N4C(=O)N(C5CCCCC5)CC4c4ccccc4)CC3)cc2)CC1. The van der Waals surface area contributed by atoms with Crippen LogP contribution in [0.15, 0.2) is 54.6 Å². The van der Waals surface area contributed by atoms with Crippen LogP contribution < -0.4 is 5.32 Å². The van der Waals surface area contributed by atoms with Gasteiger partial charge in [-0.15, -0.1) is 0 Å². The average Bonchev–Trinajstić information content (AvgIpc) is 3.43. The summed E-state index contributed by atoms with van der Waals surface area (Å²) in [5.74, 6) is -0.240. The van der Waals surface area contributed by atoms with E-state index in [0.29, 0.717) is 11.6 Å². The molecule has 1 atom stereocenters. The minimum absolute atomic E-state index is 0.0464. The molecule has 236 valence electrons. The molecule has 2 heterocycles. The monoisotopic (exact) mass is 600 g/mol. The zero-order valence-electron chi connectivity index (χ0n) is 26.2. The normalized spacial score (nSPS) is 25.7. The third-order valence-corrected chi connectivity index (χ3v) is 10.5. The predicted octanol–water partition coefficient (Wildman–Crippen LogP) is 5.92. The van der Waals surface area contributed by atoms with Crippen molar-refractivity contribution in [1.29, 1.82) is 0 Å². The minimum Gasteiger partial charge on any atom is -0.469 e. The highest BCUT2D eigenvalue weighted by Gasteiger charge is 2.45. The summed E-state index contributed by atoms with van der Waals surface area (Å²) in [5.41, 5.74) is 3.12. The second-order valence-electron chi connectivity index (χ2n) is 13.3. The van der Waals surface area contributed by atoms with Crippen LogP contribution in [0, 0.1) is 5.92 Å². The third-order valence-electron chi connectivity index (χ3n) is 10.5. The van der Waals surface area contributed by atoms with E-state index in [-0.39, 0.29) is 42.0 Å². The van der Waals surface area contributed by atoms with Crippen molar-refractivity contribution in [2.75, 3.05) is 26.7 Å². The Labute approximate surface area is 262 Å². The molecule has 4 aliphatic rings. The van der Waals surface area contributed by atoms with Gasteiger partial charge in [-0.25, -0.2) is 4.79 Å². The number of carbonyl (C=O) groups excluding carboxylic acids is 3. The maximum Gasteiger partial charge on any atom is 0.321 e. The van der Waals surface area contributed by atoms with Crippen molar-refractivity contribution in [3.63, 3.8) is 0 Å². The summed E-state index contributed by atoms with van der Waals surface area (Å²) < 4.78 is 4.87. The van der Waals surface area contributed by atoms with E-state index >= 15 is 0 Å². The van der Waals surface area contributed by atoms with E-state index in [1.165, 1.54) is 37.5 Å². The number of urea groups is 1. The number of carbonyl (C=O) groups is 3. The Morgan fingerprint density at radius 3 is 2.16 bits per heavy atom. The Balaban J connectivity index is 1.01. The van der Waals surface area contributed by atoms with Gasteiger partial charge in [0, 0.05) is 49.9 Å². The number of nitrogens with zero attached hydrogens (tertiary/aromatic N) is 3. The van der Waals surface area contributed by atoms with Gasteiger partial charge in [-0.3, -0.25) is 14.5 Å². The number of benzene rings is 2. The average molecular weight is 601 g/mol. The lowest BCUT2D eigenvalue weighted by molar-refractivity contribution is -0.146. The van der Waals surface area contributed by atoms with E-state index in [1.807, 2.05) is 12.1 Å². The smallest absolute Gasteiger partial charge is 0.321 e. The van der Waals surface area contributed by atoms with E-state index < -0.39 is 0 Å². The van der Waals surface area contributed by atoms with Crippen LogP contribution in [0.4, 0.5) is 4.79 Å². The topological polar surface area (TPSA) is 82.2 Å². The Morgan fingerprint density at radius 2 is 1.50 bits per heavy atom. The molecule has 8 nitrogen and oxygen atoms in total. The minimum atomic E-state index is -0.142. The molecule has 0 aromatic heterocycles. The van der Waals surface area contributed by atoms with Crippen molar-refractivity contribution in [3.8, 4) is 0 Å². The number of ether oxygens (including phenoxy) is 1. The molecule has 6 rings (SSSR count). The standard InChI is InChI=1S/C36H48N4O4/c1-44-35(42)29-16-18-30(19-17-29)37-34(41)28-14-12-26(13-15-28)24-38-22-20-32(21-23-38)40-33(27-8-4-2-5-9-27)25-39(36(40)43)31-10-6-3-7-11-31/h2,4-5,8-9,12-15,29-33H,3,6-7,10-11,16-25H2,1H3,(H,37,41). The van der Waals surface area contributed by atoms with Crippen molar-refractivity contribution >= 4 is 17.9 Å². The van der Waals surface area contributed by atoms with Crippen molar-refractivity contribution < 1.29 is 19.1 Å². The lowest BCUT2D eigenvalue weighted by Crippen LogP contribution is -2.48. The molecular formula is C36H48N4O4. The van der Waals surface area contributed by atoms with E-state index in [2.05, 4.69) is 62.5 Å². The fraction of sp³-hybridized carbons (Fsp3) is 0.583. The molecule has 8 heteroatoms. The van der Waals surface area contributed by atoms with Crippen molar-refractivity contribution in [3.05, 3.63) is 71.3 Å². The first kappa shape index (κ1) is 30.6. The largest absolute Gasteiger partial charge is 0.469 e. The molecule has 2 aromatic rings. The Morgan fingerprint density at radius 1 is 0.818 bits per heavy atom. The molecule has 2 aliphatic heterocycles. The van der Waals surface area contributed by atoms with Gasteiger partial charge in [-0.1, -0.05) is 61.7 Å². The second kappa shape index (κ2) is 14.1. The van der Waals surface area contributed by atoms with Gasteiger partial charge in [0.2, 0.25) is 0 Å². The molecule has 2 saturated carbocycles. The molecule has 1 N–H and O–H groups in total. The third kappa shape index (κ3) is 6.96. The number of methoxy groups -OCH3 is 1. The molecule has 44 heavy (non-hydrogen) atoms. The number of hydrogen-bond donors (Lipinski definition) is 1. The van der Waals surface area contributed by atoms with Gasteiger partial charge in [-0.2, -0.15) is 0 Å². The summed E-state index contributed by atoms with van der Waals surface area (Å²) in [6.45, 7) is 3.56. The number of piperidine rings is 1. The van der Waals surface area contributed by atoms with Gasteiger partial charge in [-0.05, 0) is 74.6 Å².